The molecule has 0 aliphatic heterocycles. The zero-order valence-corrected chi connectivity index (χ0v) is 12.4. The number of nitrogens with one attached hydrogen (secondary N) is 1. The molecule has 0 saturated carbocycles. The molecule has 0 aliphatic rings. The van der Waals surface area contributed by atoms with Crippen molar-refractivity contribution in [2.24, 2.45) is 0 Å². The third-order valence-corrected chi connectivity index (χ3v) is 3.55. The predicted molar refractivity (Wildman–Crippen MR) is 76.7 cm³/mol. The van der Waals surface area contributed by atoms with Gasteiger partial charge in [-0.15, -0.1) is 0 Å². The minimum Gasteiger partial charge on any atom is -0.301 e. The minimum atomic E-state index is -0.668. The first-order valence-electron chi connectivity index (χ1n) is 5.94. The van der Waals surface area contributed by atoms with Gasteiger partial charge >= 0.3 is 5.69 Å². The Morgan fingerprint density at radius 3 is 2.90 bits per heavy atom. The Hall–Kier alpha value is -2.00. The van der Waals surface area contributed by atoms with Crippen LogP contribution in [0.5, 0.6) is 0 Å². The third kappa shape index (κ3) is 3.76. The van der Waals surface area contributed by atoms with E-state index >= 15 is 0 Å². The van der Waals surface area contributed by atoms with Crippen LogP contribution in [0.3, 0.4) is 0 Å². The second-order valence-corrected chi connectivity index (χ2v) is 5.30. The highest BCUT2D eigenvalue weighted by atomic mass is 35.5. The van der Waals surface area contributed by atoms with Crippen LogP contribution in [0, 0.1) is 10.1 Å². The normalized spacial score (nSPS) is 10.6. The van der Waals surface area contributed by atoms with Gasteiger partial charge in [-0.05, 0) is 18.2 Å². The fraction of sp³-hybridized carbons (Fsp3) is 0.273. The van der Waals surface area contributed by atoms with Crippen molar-refractivity contribution in [3.63, 3.8) is 0 Å². The lowest BCUT2D eigenvalue weighted by molar-refractivity contribution is -0.388. The van der Waals surface area contributed by atoms with Gasteiger partial charge in [0.05, 0.1) is 4.92 Å². The summed E-state index contributed by atoms with van der Waals surface area (Å²) in [7, 11) is 0. The van der Waals surface area contributed by atoms with Crippen LogP contribution >= 0.6 is 23.4 Å². The Morgan fingerprint density at radius 1 is 1.48 bits per heavy atom. The molecule has 0 fully saturated rings. The van der Waals surface area contributed by atoms with Crippen LogP contribution in [-0.2, 0) is 6.42 Å². The summed E-state index contributed by atoms with van der Waals surface area (Å²) in [6, 6.07) is 1.40. The van der Waals surface area contributed by atoms with Crippen molar-refractivity contribution in [2.45, 2.75) is 29.9 Å². The smallest absolute Gasteiger partial charge is 0.301 e. The lowest BCUT2D eigenvalue weighted by atomic mass is 10.2. The van der Waals surface area contributed by atoms with E-state index in [0.717, 1.165) is 24.5 Å². The quantitative estimate of drug-likeness (QED) is 0.387. The van der Waals surface area contributed by atoms with E-state index in [0.29, 0.717) is 12.1 Å². The second-order valence-electron chi connectivity index (χ2n) is 3.97. The molecule has 21 heavy (non-hydrogen) atoms. The van der Waals surface area contributed by atoms with E-state index in [4.69, 9.17) is 11.6 Å². The maximum atomic E-state index is 11.6. The summed E-state index contributed by atoms with van der Waals surface area (Å²) in [4.78, 5) is 36.0. The molecule has 2 heterocycles. The van der Waals surface area contributed by atoms with Gasteiger partial charge in [-0.1, -0.05) is 24.9 Å². The van der Waals surface area contributed by atoms with Gasteiger partial charge in [-0.25, -0.2) is 15.0 Å². The number of halogens is 1. The van der Waals surface area contributed by atoms with Crippen molar-refractivity contribution in [1.29, 1.82) is 0 Å². The molecule has 0 amide bonds. The van der Waals surface area contributed by atoms with E-state index in [1.807, 2.05) is 6.92 Å². The first-order valence-corrected chi connectivity index (χ1v) is 7.13. The first kappa shape index (κ1) is 15.4. The van der Waals surface area contributed by atoms with Crippen LogP contribution in [0.25, 0.3) is 0 Å². The topological polar surface area (TPSA) is 115 Å². The van der Waals surface area contributed by atoms with Gasteiger partial charge in [0.15, 0.2) is 10.2 Å². The highest BCUT2D eigenvalue weighted by molar-refractivity contribution is 7.99. The predicted octanol–water partition coefficient (Wildman–Crippen LogP) is 2.23. The molecule has 0 saturated heterocycles. The molecule has 0 aromatic carbocycles. The molecule has 0 atom stereocenters. The average Bonchev–Trinajstić information content (AvgIpc) is 2.37. The fourth-order valence-electron chi connectivity index (χ4n) is 1.58. The van der Waals surface area contributed by atoms with Gasteiger partial charge < -0.3 is 4.98 Å². The summed E-state index contributed by atoms with van der Waals surface area (Å²) in [6.45, 7) is 1.96. The van der Waals surface area contributed by atoms with Crippen molar-refractivity contribution in [3.8, 4) is 0 Å². The maximum Gasteiger partial charge on any atom is 0.338 e. The molecule has 8 nitrogen and oxygen atoms in total. The van der Waals surface area contributed by atoms with Crippen LogP contribution < -0.4 is 5.56 Å². The molecule has 2 aromatic rings. The highest BCUT2D eigenvalue weighted by Gasteiger charge is 2.23. The van der Waals surface area contributed by atoms with E-state index in [9.17, 15) is 14.9 Å². The standard InChI is InChI=1S/C11H10ClN5O3S/c1-2-3-6-4-7(18)16-11(15-6)21-10-8(17(19)20)9(12)13-5-14-10/h4-5H,2-3H2,1H3,(H,15,16,18). The van der Waals surface area contributed by atoms with Crippen molar-refractivity contribution in [3.05, 3.63) is 43.7 Å². The summed E-state index contributed by atoms with van der Waals surface area (Å²) < 4.78 is 0. The number of aryl methyl sites for hydroxylation is 1. The maximum absolute atomic E-state index is 11.6. The monoisotopic (exact) mass is 327 g/mol. The largest absolute Gasteiger partial charge is 0.338 e. The van der Waals surface area contributed by atoms with Crippen LogP contribution in [-0.4, -0.2) is 24.9 Å². The summed E-state index contributed by atoms with van der Waals surface area (Å²) in [5, 5.41) is 11.0. The van der Waals surface area contributed by atoms with Crippen molar-refractivity contribution in [2.75, 3.05) is 0 Å². The van der Waals surface area contributed by atoms with Crippen molar-refractivity contribution < 1.29 is 4.92 Å². The number of nitro groups is 1. The Labute approximate surface area is 128 Å². The van der Waals surface area contributed by atoms with E-state index in [-0.39, 0.29) is 20.9 Å². The number of aromatic amines is 1. The summed E-state index contributed by atoms with van der Waals surface area (Å²) in [5.41, 5.74) is -0.113. The van der Waals surface area contributed by atoms with E-state index in [2.05, 4.69) is 19.9 Å². The SMILES string of the molecule is CCCc1cc(=O)[nH]c(Sc2ncnc(Cl)c2[N+](=O)[O-])n1. The average molecular weight is 328 g/mol. The summed E-state index contributed by atoms with van der Waals surface area (Å²) >= 11 is 6.57. The molecule has 1 N–H and O–H groups in total. The van der Waals surface area contributed by atoms with Crippen molar-refractivity contribution >= 4 is 29.1 Å². The molecule has 0 radical (unpaired) electrons. The molecular weight excluding hydrogens is 318 g/mol. The molecule has 10 heteroatoms. The Kier molecular flexibility index (Phi) is 4.86. The van der Waals surface area contributed by atoms with Crippen LogP contribution in [0.4, 0.5) is 5.69 Å². The number of nitrogens with zero attached hydrogens (tertiary/aromatic N) is 4. The molecule has 0 aliphatic carbocycles. The molecule has 2 rings (SSSR count). The zero-order chi connectivity index (χ0) is 15.4. The van der Waals surface area contributed by atoms with Crippen molar-refractivity contribution in [1.82, 2.24) is 19.9 Å². The van der Waals surface area contributed by atoms with Gasteiger partial charge in [0.25, 0.3) is 5.56 Å². The minimum absolute atomic E-state index is 0.0248. The van der Waals surface area contributed by atoms with Gasteiger partial charge in [-0.3, -0.25) is 14.9 Å². The van der Waals surface area contributed by atoms with Gasteiger partial charge in [0.1, 0.15) is 6.33 Å². The van der Waals surface area contributed by atoms with Crippen LogP contribution in [0.15, 0.2) is 27.4 Å². The molecule has 2 aromatic heterocycles. The van der Waals surface area contributed by atoms with Gasteiger partial charge in [0.2, 0.25) is 5.15 Å². The second kappa shape index (κ2) is 6.64. The fourth-order valence-corrected chi connectivity index (χ4v) is 2.70. The molecule has 0 bridgehead atoms. The Morgan fingerprint density at radius 2 is 2.24 bits per heavy atom. The Bertz CT molecular complexity index is 736. The molecular formula is C11H10ClN5O3S. The number of aromatic nitrogens is 4. The molecule has 0 unspecified atom stereocenters. The number of hydrogen-bond acceptors (Lipinski definition) is 7. The lowest BCUT2D eigenvalue weighted by Gasteiger charge is -2.03. The van der Waals surface area contributed by atoms with E-state index in [1.165, 1.54) is 6.07 Å². The van der Waals surface area contributed by atoms with E-state index < -0.39 is 10.6 Å². The highest BCUT2D eigenvalue weighted by Crippen LogP contribution is 2.34. The number of hydrogen-bond donors (Lipinski definition) is 1. The summed E-state index contributed by atoms with van der Waals surface area (Å²) in [6.07, 6.45) is 2.59. The van der Waals surface area contributed by atoms with E-state index in [1.54, 1.807) is 0 Å². The summed E-state index contributed by atoms with van der Waals surface area (Å²) in [5.74, 6) is 0. The van der Waals surface area contributed by atoms with Gasteiger partial charge in [-0.2, -0.15) is 0 Å². The Balaban J connectivity index is 2.41. The molecule has 0 spiro atoms. The van der Waals surface area contributed by atoms with Crippen LogP contribution in [0.2, 0.25) is 5.15 Å². The first-order chi connectivity index (χ1) is 10.0. The van der Waals surface area contributed by atoms with Crippen LogP contribution in [0.1, 0.15) is 19.0 Å². The number of H-pyrrole nitrogens is 1. The lowest BCUT2D eigenvalue weighted by Crippen LogP contribution is -2.10. The van der Waals surface area contributed by atoms with Gasteiger partial charge in [0, 0.05) is 11.8 Å². The third-order valence-electron chi connectivity index (χ3n) is 2.40. The number of rotatable bonds is 5. The zero-order valence-electron chi connectivity index (χ0n) is 10.9. The molecule has 110 valence electrons.